The van der Waals surface area contributed by atoms with Crippen molar-refractivity contribution in [1.29, 1.82) is 0 Å². The lowest BCUT2D eigenvalue weighted by Gasteiger charge is -2.19. The van der Waals surface area contributed by atoms with Gasteiger partial charge in [0.2, 0.25) is 0 Å². The number of alkyl halides is 3. The molecule has 176 valence electrons. The molecule has 4 heterocycles. The van der Waals surface area contributed by atoms with E-state index in [1.807, 2.05) is 11.2 Å². The molecule has 8 nitrogen and oxygen atoms in total. The minimum Gasteiger partial charge on any atom is -0.384 e. The Labute approximate surface area is 189 Å². The number of imidazole rings is 1. The van der Waals surface area contributed by atoms with Crippen LogP contribution >= 0.6 is 0 Å². The maximum Gasteiger partial charge on any atom is 0.417 e. The molecule has 1 aliphatic heterocycles. The first-order chi connectivity index (χ1) is 15.9. The summed E-state index contributed by atoms with van der Waals surface area (Å²) in [5.41, 5.74) is 0.809. The molecule has 1 saturated heterocycles. The van der Waals surface area contributed by atoms with Gasteiger partial charge < -0.3 is 19.5 Å². The Bertz CT molecular complexity index is 1100. The zero-order chi connectivity index (χ0) is 23.0. The summed E-state index contributed by atoms with van der Waals surface area (Å²) in [6.07, 6.45) is 3.96. The van der Waals surface area contributed by atoms with E-state index in [9.17, 15) is 13.2 Å². The van der Waals surface area contributed by atoms with Gasteiger partial charge in [-0.25, -0.2) is 19.9 Å². The predicted octanol–water partition coefficient (Wildman–Crippen LogP) is 3.92. The third-order valence-electron chi connectivity index (χ3n) is 6.60. The first kappa shape index (κ1) is 21.9. The molecule has 5 rings (SSSR count). The summed E-state index contributed by atoms with van der Waals surface area (Å²) in [6, 6.07) is 2.93. The van der Waals surface area contributed by atoms with Crippen LogP contribution in [0.3, 0.4) is 0 Å². The molecule has 0 amide bonds. The minimum atomic E-state index is -4.38. The van der Waals surface area contributed by atoms with Crippen molar-refractivity contribution in [1.82, 2.24) is 24.5 Å². The lowest BCUT2D eigenvalue weighted by molar-refractivity contribution is -0.137. The van der Waals surface area contributed by atoms with E-state index in [2.05, 4.69) is 29.8 Å². The Kier molecular flexibility index (Phi) is 5.81. The molecule has 0 unspecified atom stereocenters. The van der Waals surface area contributed by atoms with Crippen molar-refractivity contribution in [2.75, 3.05) is 37.0 Å². The predicted molar refractivity (Wildman–Crippen MR) is 117 cm³/mol. The molecule has 3 aromatic rings. The molecule has 0 spiro atoms. The average molecular weight is 461 g/mol. The second-order valence-corrected chi connectivity index (χ2v) is 8.81. The molecule has 0 bridgehead atoms. The smallest absolute Gasteiger partial charge is 0.384 e. The summed E-state index contributed by atoms with van der Waals surface area (Å²) in [4.78, 5) is 19.5. The maximum absolute atomic E-state index is 12.8. The molecule has 3 aromatic heterocycles. The van der Waals surface area contributed by atoms with E-state index in [4.69, 9.17) is 4.74 Å². The lowest BCUT2D eigenvalue weighted by atomic mass is 10.1. The summed E-state index contributed by atoms with van der Waals surface area (Å²) < 4.78 is 45.8. The number of ether oxygens (including phenoxy) is 1. The molecule has 1 N–H and O–H groups in total. The van der Waals surface area contributed by atoms with Crippen molar-refractivity contribution in [3.8, 4) is 0 Å². The van der Waals surface area contributed by atoms with Crippen LogP contribution in [0.25, 0.3) is 11.2 Å². The lowest BCUT2D eigenvalue weighted by Crippen LogP contribution is -2.27. The average Bonchev–Trinajstić information content (AvgIpc) is 3.53. The SMILES string of the molecule is COC[C@@H]1CC[C@@H](n2cnc3c(N[C@H]4CCN(c5ccc(C(F)(F)F)cn5)C4)ncnc32)C1. The van der Waals surface area contributed by atoms with Crippen molar-refractivity contribution in [2.45, 2.75) is 43.9 Å². The molecular weight excluding hydrogens is 435 g/mol. The van der Waals surface area contributed by atoms with Crippen LogP contribution in [0.4, 0.5) is 24.8 Å². The van der Waals surface area contributed by atoms with E-state index < -0.39 is 11.7 Å². The van der Waals surface area contributed by atoms with Gasteiger partial charge in [-0.1, -0.05) is 0 Å². The number of nitrogens with one attached hydrogen (secondary N) is 1. The maximum atomic E-state index is 12.8. The van der Waals surface area contributed by atoms with Crippen LogP contribution in [0.2, 0.25) is 0 Å². The third kappa shape index (κ3) is 4.46. The highest BCUT2D eigenvalue weighted by Gasteiger charge is 2.32. The second kappa shape index (κ2) is 8.77. The summed E-state index contributed by atoms with van der Waals surface area (Å²) in [6.45, 7) is 2.09. The molecule has 0 aromatic carbocycles. The zero-order valence-electron chi connectivity index (χ0n) is 18.3. The van der Waals surface area contributed by atoms with Gasteiger partial charge in [0.1, 0.15) is 17.7 Å². The second-order valence-electron chi connectivity index (χ2n) is 8.81. The van der Waals surface area contributed by atoms with Crippen molar-refractivity contribution in [3.05, 3.63) is 36.5 Å². The number of aromatic nitrogens is 5. The van der Waals surface area contributed by atoms with Crippen LogP contribution in [0.1, 0.15) is 37.3 Å². The summed E-state index contributed by atoms with van der Waals surface area (Å²) in [5, 5.41) is 3.46. The van der Waals surface area contributed by atoms with E-state index in [-0.39, 0.29) is 6.04 Å². The number of rotatable bonds is 6. The van der Waals surface area contributed by atoms with Gasteiger partial charge in [0.15, 0.2) is 11.5 Å². The number of anilines is 2. The van der Waals surface area contributed by atoms with Crippen molar-refractivity contribution >= 4 is 22.8 Å². The topological polar surface area (TPSA) is 81.0 Å². The first-order valence-electron chi connectivity index (χ1n) is 11.1. The first-order valence-corrected chi connectivity index (χ1v) is 11.1. The highest BCUT2D eigenvalue weighted by molar-refractivity contribution is 5.83. The Morgan fingerprint density at radius 3 is 2.76 bits per heavy atom. The number of fused-ring (bicyclic) bond motifs is 1. The molecule has 3 atom stereocenters. The van der Waals surface area contributed by atoms with E-state index >= 15 is 0 Å². The summed E-state index contributed by atoms with van der Waals surface area (Å²) in [7, 11) is 1.74. The van der Waals surface area contributed by atoms with Gasteiger partial charge in [0.25, 0.3) is 0 Å². The van der Waals surface area contributed by atoms with Crippen LogP contribution in [0.15, 0.2) is 31.0 Å². The van der Waals surface area contributed by atoms with E-state index in [1.165, 1.54) is 6.07 Å². The van der Waals surface area contributed by atoms with E-state index in [0.717, 1.165) is 55.7 Å². The largest absolute Gasteiger partial charge is 0.417 e. The number of methoxy groups -OCH3 is 1. The molecule has 0 radical (unpaired) electrons. The van der Waals surface area contributed by atoms with Gasteiger partial charge in [-0.15, -0.1) is 0 Å². The van der Waals surface area contributed by atoms with Crippen LogP contribution in [0, 0.1) is 5.92 Å². The fraction of sp³-hybridized carbons (Fsp3) is 0.545. The fourth-order valence-electron chi connectivity index (χ4n) is 4.93. The third-order valence-corrected chi connectivity index (χ3v) is 6.60. The fourth-order valence-corrected chi connectivity index (χ4v) is 4.93. The molecular formula is C22H26F3N7O. The quantitative estimate of drug-likeness (QED) is 0.596. The number of nitrogens with zero attached hydrogens (tertiary/aromatic N) is 6. The standard InChI is InChI=1S/C22H26F3N7O/c1-33-11-14-2-4-17(8-14)32-13-29-19-20(27-12-28-21(19)32)30-16-6-7-31(10-16)18-5-3-15(9-26-18)22(23,24)25/h3,5,9,12-14,16-17H,2,4,6-8,10-11H2,1H3,(H,27,28,30)/t14-,16+,17-/m1/s1. The Hall–Kier alpha value is -2.95. The number of hydrogen-bond acceptors (Lipinski definition) is 7. The Morgan fingerprint density at radius 2 is 2.00 bits per heavy atom. The van der Waals surface area contributed by atoms with Crippen molar-refractivity contribution in [3.63, 3.8) is 0 Å². The molecule has 1 saturated carbocycles. The molecule has 2 aliphatic rings. The molecule has 2 fully saturated rings. The summed E-state index contributed by atoms with van der Waals surface area (Å²) in [5.74, 6) is 1.77. The zero-order valence-corrected chi connectivity index (χ0v) is 18.3. The van der Waals surface area contributed by atoms with Gasteiger partial charge in [0, 0.05) is 45.1 Å². The highest BCUT2D eigenvalue weighted by Crippen LogP contribution is 2.37. The number of halogens is 3. The van der Waals surface area contributed by atoms with Crippen LogP contribution in [-0.2, 0) is 10.9 Å². The van der Waals surface area contributed by atoms with Crippen molar-refractivity contribution < 1.29 is 17.9 Å². The van der Waals surface area contributed by atoms with Gasteiger partial charge in [-0.2, -0.15) is 13.2 Å². The Balaban J connectivity index is 1.27. The molecule has 1 aliphatic carbocycles. The van der Waals surface area contributed by atoms with Gasteiger partial charge in [0.05, 0.1) is 11.9 Å². The van der Waals surface area contributed by atoms with Crippen LogP contribution < -0.4 is 10.2 Å². The molecule has 11 heteroatoms. The Morgan fingerprint density at radius 1 is 1.12 bits per heavy atom. The van der Waals surface area contributed by atoms with Crippen LogP contribution in [-0.4, -0.2) is 57.4 Å². The minimum absolute atomic E-state index is 0.0786. The normalized spacial score (nSPS) is 23.5. The van der Waals surface area contributed by atoms with E-state index in [1.54, 1.807) is 13.4 Å². The van der Waals surface area contributed by atoms with Crippen LogP contribution in [0.5, 0.6) is 0 Å². The highest BCUT2D eigenvalue weighted by atomic mass is 19.4. The van der Waals surface area contributed by atoms with Gasteiger partial charge in [-0.3, -0.25) is 0 Å². The van der Waals surface area contributed by atoms with Gasteiger partial charge >= 0.3 is 6.18 Å². The van der Waals surface area contributed by atoms with Gasteiger partial charge in [-0.05, 0) is 43.7 Å². The monoisotopic (exact) mass is 461 g/mol. The summed E-state index contributed by atoms with van der Waals surface area (Å²) >= 11 is 0. The van der Waals surface area contributed by atoms with E-state index in [0.29, 0.717) is 36.7 Å². The number of pyridine rings is 1. The van der Waals surface area contributed by atoms with Crippen molar-refractivity contribution in [2.24, 2.45) is 5.92 Å². The molecule has 33 heavy (non-hydrogen) atoms. The number of hydrogen-bond donors (Lipinski definition) is 1.